The molecular weight excluding hydrogens is 1720 g/mol. The number of benzene rings is 10. The molecule has 18 aromatic rings. The molecule has 0 saturated heterocycles. The van der Waals surface area contributed by atoms with Gasteiger partial charge in [-0.3, -0.25) is 19.2 Å². The number of nitrogen functional groups attached to an aromatic ring is 1. The molecule has 0 aliphatic carbocycles. The molecule has 8 heterocycles. The van der Waals surface area contributed by atoms with E-state index in [-0.39, 0.29) is 41.6 Å². The summed E-state index contributed by atoms with van der Waals surface area (Å²) in [4.78, 5) is 49.0. The fourth-order valence-electron chi connectivity index (χ4n) is 16.9. The SMILES string of the molecule is CCC(=O)Nc1ccc(-c2c(C#N)c3ccc(OC(C)C)cc3n2CC)cc1.CCn1c(-c2ccc(N)cc2)c(C#N)c2ccc(OC(C)C)cc21.CCn1c(-c2ccc(NC(=O)c3c(C)noc3C)cc2)c(C#N)c2ccccc21.CCn1c(-c2ccc(NC(=O)c3ccno3)cc2)c(C#N)c2ccccc21.CCn1c(-c2ccc(NC(=O)c3snnc3C)cc2)c(C#N)c2ccccc21. The summed E-state index contributed by atoms with van der Waals surface area (Å²) in [5.41, 5.74) is 28.5. The van der Waals surface area contributed by atoms with E-state index in [1.165, 1.54) is 12.3 Å². The van der Waals surface area contributed by atoms with Crippen molar-refractivity contribution < 1.29 is 37.7 Å². The van der Waals surface area contributed by atoms with Gasteiger partial charge in [0, 0.05) is 129 Å². The van der Waals surface area contributed by atoms with E-state index in [0.717, 1.165) is 172 Å². The average molecular weight is 1820 g/mol. The summed E-state index contributed by atoms with van der Waals surface area (Å²) >= 11 is 1.08. The lowest BCUT2D eigenvalue weighted by atomic mass is 10.1. The Kier molecular flexibility index (Phi) is 29.7. The lowest BCUT2D eigenvalue weighted by Crippen LogP contribution is -2.13. The molecule has 136 heavy (non-hydrogen) atoms. The van der Waals surface area contributed by atoms with Gasteiger partial charge in [0.25, 0.3) is 17.7 Å². The molecule has 8 aromatic heterocycles. The van der Waals surface area contributed by atoms with Crippen molar-refractivity contribution in [2.24, 2.45) is 0 Å². The molecule has 0 aliphatic rings. The Morgan fingerprint density at radius 3 is 1.04 bits per heavy atom. The first-order valence-electron chi connectivity index (χ1n) is 44.6. The van der Waals surface area contributed by atoms with Gasteiger partial charge in [0.15, 0.2) is 0 Å². The first kappa shape index (κ1) is 94.7. The van der Waals surface area contributed by atoms with Crippen LogP contribution in [0.25, 0.3) is 111 Å². The van der Waals surface area contributed by atoms with Crippen LogP contribution in [0.3, 0.4) is 0 Å². The van der Waals surface area contributed by atoms with Crippen molar-refractivity contribution in [3.8, 4) is 98.1 Å². The summed E-state index contributed by atoms with van der Waals surface area (Å²) in [6, 6.07) is 86.6. The molecule has 6 N–H and O–H groups in total. The third-order valence-electron chi connectivity index (χ3n) is 22.8. The number of aromatic nitrogens is 9. The summed E-state index contributed by atoms with van der Waals surface area (Å²) < 4.78 is 36.1. The maximum atomic E-state index is 12.5. The average Bonchev–Trinajstić information content (AvgIpc) is 1.65. The Bertz CT molecular complexity index is 7660. The second-order valence-electron chi connectivity index (χ2n) is 32.1. The fourth-order valence-corrected chi connectivity index (χ4v) is 17.4. The lowest BCUT2D eigenvalue weighted by molar-refractivity contribution is -0.115. The topological polar surface area (TPSA) is 382 Å². The van der Waals surface area contributed by atoms with E-state index in [1.54, 1.807) is 20.8 Å². The number of nitriles is 5. The minimum atomic E-state index is -0.361. The molecule has 0 saturated carbocycles. The molecule has 0 aliphatic heterocycles. The van der Waals surface area contributed by atoms with Gasteiger partial charge in [-0.1, -0.05) is 137 Å². The Morgan fingerprint density at radius 2 is 0.728 bits per heavy atom. The van der Waals surface area contributed by atoms with Gasteiger partial charge in [0.2, 0.25) is 11.7 Å². The summed E-state index contributed by atoms with van der Waals surface area (Å²) in [5, 5.41) is 76.1. The smallest absolute Gasteiger partial charge is 0.294 e. The maximum absolute atomic E-state index is 12.5. The molecule has 18 rings (SSSR count). The maximum Gasteiger partial charge on any atom is 0.294 e. The highest BCUT2D eigenvalue weighted by molar-refractivity contribution is 7.08. The number of hydrogen-bond donors (Lipinski definition) is 5. The van der Waals surface area contributed by atoms with E-state index in [0.29, 0.717) is 84.6 Å². The van der Waals surface area contributed by atoms with Crippen molar-refractivity contribution >= 4 is 118 Å². The quantitative estimate of drug-likeness (QED) is 0.0393. The number of para-hydroxylation sites is 3. The Balaban J connectivity index is 0.000000136. The van der Waals surface area contributed by atoms with Crippen molar-refractivity contribution in [2.75, 3.05) is 27.0 Å². The lowest BCUT2D eigenvalue weighted by Gasteiger charge is -2.12. The number of anilines is 5. The summed E-state index contributed by atoms with van der Waals surface area (Å²) in [7, 11) is 0. The summed E-state index contributed by atoms with van der Waals surface area (Å²) in [5.74, 6) is 1.39. The largest absolute Gasteiger partial charge is 0.491 e. The number of aryl methyl sites for hydroxylation is 8. The molecule has 10 aromatic carbocycles. The van der Waals surface area contributed by atoms with E-state index in [2.05, 4.69) is 129 Å². The third-order valence-corrected chi connectivity index (χ3v) is 23.7. The summed E-state index contributed by atoms with van der Waals surface area (Å²) in [6.45, 7) is 29.1. The predicted molar refractivity (Wildman–Crippen MR) is 535 cm³/mol. The number of amides is 4. The minimum absolute atomic E-state index is 0.0224. The van der Waals surface area contributed by atoms with Gasteiger partial charge in [0.05, 0.1) is 97.1 Å². The fraction of sp³-hybridized carbons (Fsp3) is 0.194. The third kappa shape index (κ3) is 19.9. The zero-order valence-electron chi connectivity index (χ0n) is 77.5. The van der Waals surface area contributed by atoms with Crippen LogP contribution in [0.4, 0.5) is 28.4 Å². The van der Waals surface area contributed by atoms with E-state index in [4.69, 9.17) is 24.3 Å². The Hall–Kier alpha value is -17.4. The number of carbonyl (C=O) groups is 4. The standard InChI is InChI=1S/C23H20N4O2.C23H25N3O2.C21H17N5OS.C21H16N4O2.C20H21N3O/c1-4-27-20-8-6-5-7-18(20)19(13-24)22(27)16-9-11-17(12-10-16)25-23(28)21-14(2)26-29-15(21)3;1-5-22(27)25-17-9-7-16(8-10-17)23-20(14-24)19-12-11-18(28-15(3)4)13-21(19)26(23)6-2;1-3-26-18-7-5-4-6-16(18)17(12-22)19(26)14-8-10-15(11-9-14)23-21(27)20-13(2)24-25-28-20;1-2-25-18-6-4-3-5-16(18)17(13-22)20(25)14-7-9-15(10-8-14)24-21(26)19-11-12-23-27-19;1-4-23-19-11-16(24-13(2)3)9-10-17(19)18(12-21)20(23)14-5-7-15(22)8-6-14/h5-12H,4H2,1-3H3,(H,25,28);7-13,15H,5-6H2,1-4H3,(H,25,27);4-11H,3H2,1-2H3,(H,23,27);3-12H,2H2,1H3,(H,24,26);5-11,13H,4,22H2,1-3H3. The van der Waals surface area contributed by atoms with E-state index in [9.17, 15) is 45.5 Å². The van der Waals surface area contributed by atoms with Crippen LogP contribution in [0.1, 0.15) is 151 Å². The van der Waals surface area contributed by atoms with Crippen LogP contribution in [-0.4, -0.2) is 78.6 Å². The van der Waals surface area contributed by atoms with Crippen LogP contribution in [-0.2, 0) is 37.5 Å². The van der Waals surface area contributed by atoms with Crippen molar-refractivity contribution in [3.63, 3.8) is 0 Å². The highest BCUT2D eigenvalue weighted by atomic mass is 32.1. The predicted octanol–water partition coefficient (Wildman–Crippen LogP) is 24.0. The molecule has 28 heteroatoms. The molecule has 0 spiro atoms. The van der Waals surface area contributed by atoms with E-state index in [1.807, 2.05) is 265 Å². The first-order valence-corrected chi connectivity index (χ1v) is 45.4. The second kappa shape index (κ2) is 42.7. The highest BCUT2D eigenvalue weighted by Gasteiger charge is 2.27. The molecular formula is C108H99N19O8S. The molecule has 4 amide bonds. The van der Waals surface area contributed by atoms with Gasteiger partial charge in [-0.05, 0) is 226 Å². The molecule has 0 radical (unpaired) electrons. The van der Waals surface area contributed by atoms with Gasteiger partial charge >= 0.3 is 0 Å². The van der Waals surface area contributed by atoms with Gasteiger partial charge in [0.1, 0.15) is 58.0 Å². The van der Waals surface area contributed by atoms with Crippen molar-refractivity contribution in [2.45, 2.75) is 141 Å². The zero-order chi connectivity index (χ0) is 96.5. The van der Waals surface area contributed by atoms with Crippen LogP contribution in [0.2, 0.25) is 0 Å². The van der Waals surface area contributed by atoms with E-state index < -0.39 is 0 Å². The second-order valence-corrected chi connectivity index (χ2v) is 32.9. The number of carbonyl (C=O) groups excluding carboxylic acids is 4. The van der Waals surface area contributed by atoms with Crippen LogP contribution < -0.4 is 36.5 Å². The van der Waals surface area contributed by atoms with Gasteiger partial charge < -0.3 is 68.4 Å². The van der Waals surface area contributed by atoms with Crippen molar-refractivity contribution in [3.05, 3.63) is 304 Å². The molecule has 0 bridgehead atoms. The number of fused-ring (bicyclic) bond motifs is 5. The highest BCUT2D eigenvalue weighted by Crippen LogP contribution is 2.42. The number of nitrogens with zero attached hydrogens (tertiary/aromatic N) is 14. The van der Waals surface area contributed by atoms with Gasteiger partial charge in [-0.2, -0.15) is 26.3 Å². The van der Waals surface area contributed by atoms with Crippen LogP contribution in [0, 0.1) is 77.4 Å². The first-order chi connectivity index (χ1) is 65.9. The van der Waals surface area contributed by atoms with Gasteiger partial charge in [-0.15, -0.1) is 5.10 Å². The zero-order valence-corrected chi connectivity index (χ0v) is 78.3. The Labute approximate surface area is 790 Å². The normalized spacial score (nSPS) is 10.8. The Morgan fingerprint density at radius 1 is 0.397 bits per heavy atom. The number of hydrogen-bond acceptors (Lipinski definition) is 19. The molecule has 27 nitrogen and oxygen atoms in total. The van der Waals surface area contributed by atoms with Crippen LogP contribution >= 0.6 is 11.5 Å². The minimum Gasteiger partial charge on any atom is -0.491 e. The molecule has 680 valence electrons. The number of nitrogens with one attached hydrogen (secondary N) is 4. The van der Waals surface area contributed by atoms with E-state index >= 15 is 0 Å². The summed E-state index contributed by atoms with van der Waals surface area (Å²) in [6.07, 6.45) is 2.05. The van der Waals surface area contributed by atoms with Crippen molar-refractivity contribution in [1.29, 1.82) is 26.3 Å². The van der Waals surface area contributed by atoms with Crippen LogP contribution in [0.15, 0.2) is 252 Å². The number of ether oxygens (including phenoxy) is 2. The van der Waals surface area contributed by atoms with Gasteiger partial charge in [-0.25, -0.2) is 0 Å². The molecule has 0 unspecified atom stereocenters. The number of rotatable bonds is 22. The molecule has 0 fully saturated rings. The van der Waals surface area contributed by atoms with Crippen LogP contribution in [0.5, 0.6) is 11.5 Å². The van der Waals surface area contributed by atoms with Crippen molar-refractivity contribution in [1.82, 2.24) is 42.7 Å². The number of nitrogens with two attached hydrogens (primary N) is 1. The monoisotopic (exact) mass is 1820 g/mol. The molecule has 0 atom stereocenters.